The molecular formula is C20H23ClN2O4. The van der Waals surface area contributed by atoms with E-state index in [1.54, 1.807) is 18.2 Å². The number of carbonyl (C=O) groups excluding carboxylic acids is 2. The fourth-order valence-corrected chi connectivity index (χ4v) is 3.28. The van der Waals surface area contributed by atoms with Gasteiger partial charge < -0.3 is 15.3 Å². The molecule has 1 unspecified atom stereocenters. The van der Waals surface area contributed by atoms with Crippen LogP contribution >= 0.6 is 11.6 Å². The van der Waals surface area contributed by atoms with Gasteiger partial charge in [0.1, 0.15) is 12.1 Å². The monoisotopic (exact) mass is 390 g/mol. The first-order valence-electron chi connectivity index (χ1n) is 8.68. The number of nitrogens with zero attached hydrogens (tertiary/aromatic N) is 1. The summed E-state index contributed by atoms with van der Waals surface area (Å²) >= 11 is 6.09. The van der Waals surface area contributed by atoms with Crippen LogP contribution in [0, 0.1) is 0 Å². The molecule has 2 N–H and O–H groups in total. The molecule has 144 valence electrons. The van der Waals surface area contributed by atoms with Gasteiger partial charge in [0.2, 0.25) is 11.8 Å². The number of carbonyl (C=O) groups is 3. The van der Waals surface area contributed by atoms with Gasteiger partial charge in [-0.15, -0.1) is 0 Å². The van der Waals surface area contributed by atoms with Crippen molar-refractivity contribution in [1.82, 2.24) is 10.2 Å². The first-order valence-corrected chi connectivity index (χ1v) is 9.06. The molecule has 1 aliphatic rings. The van der Waals surface area contributed by atoms with Crippen LogP contribution in [0.2, 0.25) is 0 Å². The molecule has 7 heteroatoms. The molecule has 0 saturated carbocycles. The van der Waals surface area contributed by atoms with Gasteiger partial charge in [0, 0.05) is 24.8 Å². The third kappa shape index (κ3) is 5.69. The lowest BCUT2D eigenvalue weighted by atomic mass is 10.00. The van der Waals surface area contributed by atoms with E-state index in [9.17, 15) is 19.5 Å². The van der Waals surface area contributed by atoms with Crippen molar-refractivity contribution in [1.29, 1.82) is 0 Å². The van der Waals surface area contributed by atoms with Gasteiger partial charge in [0.25, 0.3) is 0 Å². The van der Waals surface area contributed by atoms with E-state index >= 15 is 0 Å². The van der Waals surface area contributed by atoms with Gasteiger partial charge >= 0.3 is 5.97 Å². The molecule has 0 aromatic heterocycles. The van der Waals surface area contributed by atoms with E-state index in [0.717, 1.165) is 5.56 Å². The molecule has 1 aromatic carbocycles. The highest BCUT2D eigenvalue weighted by molar-refractivity contribution is 6.29. The number of nitrogens with one attached hydrogen (secondary N) is 1. The smallest absolute Gasteiger partial charge is 0.326 e. The minimum absolute atomic E-state index is 0.266. The number of hydrogen-bond donors (Lipinski definition) is 2. The second-order valence-electron chi connectivity index (χ2n) is 6.47. The molecule has 0 bridgehead atoms. The number of rotatable bonds is 7. The minimum Gasteiger partial charge on any atom is -0.480 e. The van der Waals surface area contributed by atoms with E-state index in [1.165, 1.54) is 18.7 Å². The number of amides is 2. The molecule has 2 amide bonds. The van der Waals surface area contributed by atoms with Crippen molar-refractivity contribution >= 4 is 29.4 Å². The second-order valence-corrected chi connectivity index (χ2v) is 6.96. The summed E-state index contributed by atoms with van der Waals surface area (Å²) in [5, 5.41) is 12.7. The Labute approximate surface area is 163 Å². The van der Waals surface area contributed by atoms with Crippen molar-refractivity contribution in [2.75, 3.05) is 0 Å². The number of allylic oxidation sites excluding steroid dienone is 2. The van der Waals surface area contributed by atoms with E-state index in [-0.39, 0.29) is 12.3 Å². The molecule has 0 heterocycles. The molecular weight excluding hydrogens is 368 g/mol. The minimum atomic E-state index is -1.12. The zero-order valence-corrected chi connectivity index (χ0v) is 16.0. The summed E-state index contributed by atoms with van der Waals surface area (Å²) < 4.78 is 0. The predicted octanol–water partition coefficient (Wildman–Crippen LogP) is 2.49. The van der Waals surface area contributed by atoms with Gasteiger partial charge in [0.15, 0.2) is 0 Å². The van der Waals surface area contributed by atoms with Crippen LogP contribution < -0.4 is 5.32 Å². The fraction of sp³-hybridized carbons (Fsp3) is 0.350. The van der Waals surface area contributed by atoms with Crippen LogP contribution in [0.1, 0.15) is 25.8 Å². The van der Waals surface area contributed by atoms with E-state index < -0.39 is 30.0 Å². The van der Waals surface area contributed by atoms with E-state index in [1.807, 2.05) is 30.3 Å². The number of carboxylic acids is 1. The normalized spacial score (nSPS) is 18.2. The third-order valence-corrected chi connectivity index (χ3v) is 4.64. The van der Waals surface area contributed by atoms with Gasteiger partial charge in [-0.2, -0.15) is 0 Å². The molecule has 0 aliphatic heterocycles. The Bertz CT molecular complexity index is 761. The summed E-state index contributed by atoms with van der Waals surface area (Å²) in [7, 11) is 0. The summed E-state index contributed by atoms with van der Waals surface area (Å²) in [5.41, 5.74) is 0.865. The molecule has 2 rings (SSSR count). The van der Waals surface area contributed by atoms with Crippen molar-refractivity contribution in [3.8, 4) is 0 Å². The summed E-state index contributed by atoms with van der Waals surface area (Å²) in [6.07, 6.45) is 5.76. The molecule has 0 spiro atoms. The molecule has 3 atom stereocenters. The Hall–Kier alpha value is -2.60. The average molecular weight is 391 g/mol. The Morgan fingerprint density at radius 2 is 1.96 bits per heavy atom. The zero-order valence-electron chi connectivity index (χ0n) is 15.3. The van der Waals surface area contributed by atoms with Crippen LogP contribution in [0.5, 0.6) is 0 Å². The van der Waals surface area contributed by atoms with E-state index in [4.69, 9.17) is 11.6 Å². The van der Waals surface area contributed by atoms with Crippen molar-refractivity contribution in [3.63, 3.8) is 0 Å². The maximum Gasteiger partial charge on any atom is 0.326 e. The molecule has 1 aliphatic carbocycles. The van der Waals surface area contributed by atoms with Crippen molar-refractivity contribution in [2.24, 2.45) is 0 Å². The largest absolute Gasteiger partial charge is 0.480 e. The van der Waals surface area contributed by atoms with Crippen LogP contribution in [0.3, 0.4) is 0 Å². The Kier molecular flexibility index (Phi) is 7.19. The number of halogens is 1. The van der Waals surface area contributed by atoms with E-state index in [2.05, 4.69) is 5.32 Å². The zero-order chi connectivity index (χ0) is 20.0. The van der Waals surface area contributed by atoms with Crippen molar-refractivity contribution < 1.29 is 19.5 Å². The van der Waals surface area contributed by atoms with Gasteiger partial charge in [-0.25, -0.2) is 4.79 Å². The summed E-state index contributed by atoms with van der Waals surface area (Å²) in [4.78, 5) is 37.9. The molecule has 1 aromatic rings. The SMILES string of the molecule is CC(=O)N[C@@H](Cc1ccccc1)C(=O)N(C1C=CC=C(Cl)C1)[C@@H](C)C(=O)O. The third-order valence-electron chi connectivity index (χ3n) is 4.36. The average Bonchev–Trinajstić information content (AvgIpc) is 2.61. The van der Waals surface area contributed by atoms with Crippen LogP contribution in [-0.2, 0) is 20.8 Å². The van der Waals surface area contributed by atoms with Gasteiger partial charge in [-0.3, -0.25) is 9.59 Å². The second kappa shape index (κ2) is 9.37. The van der Waals surface area contributed by atoms with Crippen LogP contribution in [0.4, 0.5) is 0 Å². The van der Waals surface area contributed by atoms with Crippen LogP contribution in [0.15, 0.2) is 53.6 Å². The summed E-state index contributed by atoms with van der Waals surface area (Å²) in [6, 6.07) is 6.83. The highest BCUT2D eigenvalue weighted by Crippen LogP contribution is 2.24. The molecule has 0 radical (unpaired) electrons. The standard InChI is InChI=1S/C20H23ClN2O4/c1-13(20(26)27)23(17-10-6-9-16(21)12-17)19(25)18(22-14(2)24)11-15-7-4-3-5-8-15/h3-10,13,17-18H,11-12H2,1-2H3,(H,22,24)(H,26,27)/t13-,17?,18-/m0/s1. The lowest BCUT2D eigenvalue weighted by Gasteiger charge is -2.36. The van der Waals surface area contributed by atoms with E-state index in [0.29, 0.717) is 11.5 Å². The molecule has 0 saturated heterocycles. The van der Waals surface area contributed by atoms with Crippen molar-refractivity contribution in [3.05, 3.63) is 59.2 Å². The lowest BCUT2D eigenvalue weighted by Crippen LogP contribution is -2.57. The molecule has 0 fully saturated rings. The van der Waals surface area contributed by atoms with Gasteiger partial charge in [-0.1, -0.05) is 54.1 Å². The number of aliphatic carboxylic acids is 1. The quantitative estimate of drug-likeness (QED) is 0.748. The number of hydrogen-bond acceptors (Lipinski definition) is 3. The van der Waals surface area contributed by atoms with Crippen molar-refractivity contribution in [2.45, 2.75) is 44.8 Å². The lowest BCUT2D eigenvalue weighted by molar-refractivity contribution is -0.152. The molecule has 6 nitrogen and oxygen atoms in total. The first kappa shape index (κ1) is 20.7. The Morgan fingerprint density at radius 1 is 1.30 bits per heavy atom. The maximum atomic E-state index is 13.3. The van der Waals surface area contributed by atoms with Gasteiger partial charge in [0.05, 0.1) is 6.04 Å². The highest BCUT2D eigenvalue weighted by atomic mass is 35.5. The fourth-order valence-electron chi connectivity index (χ4n) is 3.05. The summed E-state index contributed by atoms with van der Waals surface area (Å²) in [6.45, 7) is 2.78. The Balaban J connectivity index is 2.33. The topological polar surface area (TPSA) is 86.7 Å². The molecule has 27 heavy (non-hydrogen) atoms. The highest BCUT2D eigenvalue weighted by Gasteiger charge is 2.36. The summed E-state index contributed by atoms with van der Waals surface area (Å²) in [5.74, 6) is -1.93. The predicted molar refractivity (Wildman–Crippen MR) is 103 cm³/mol. The van der Waals surface area contributed by atoms with Crippen LogP contribution in [-0.4, -0.2) is 45.9 Å². The van der Waals surface area contributed by atoms with Crippen LogP contribution in [0.25, 0.3) is 0 Å². The number of carboxylic acid groups (broad SMARTS) is 1. The Morgan fingerprint density at radius 3 is 2.52 bits per heavy atom. The maximum absolute atomic E-state index is 13.3. The number of benzene rings is 1. The van der Waals surface area contributed by atoms with Gasteiger partial charge in [-0.05, 0) is 18.6 Å². The first-order chi connectivity index (χ1) is 12.8.